The molecule has 3 aromatic rings. The summed E-state index contributed by atoms with van der Waals surface area (Å²) in [5.41, 5.74) is -10.2. The average Bonchev–Trinajstić information content (AvgIpc) is 3.08. The summed E-state index contributed by atoms with van der Waals surface area (Å²) in [5.74, 6) is -41.5. The van der Waals surface area contributed by atoms with Crippen molar-refractivity contribution in [2.75, 3.05) is 6.67 Å². The lowest BCUT2D eigenvalue weighted by Gasteiger charge is -2.09. The second-order valence-electron chi connectivity index (χ2n) is 9.16. The van der Waals surface area contributed by atoms with Crippen molar-refractivity contribution in [1.29, 1.82) is 0 Å². The molecule has 49 heavy (non-hydrogen) atoms. The van der Waals surface area contributed by atoms with Gasteiger partial charge in [-0.1, -0.05) is 12.7 Å². The minimum atomic E-state index is -2.61. The average molecular weight is 724 g/mol. The molecule has 0 aromatic heterocycles. The van der Waals surface area contributed by atoms with E-state index in [2.05, 4.69) is 6.58 Å². The van der Waals surface area contributed by atoms with Crippen LogP contribution >= 0.6 is 0 Å². The predicted molar refractivity (Wildman–Crippen MR) is 138 cm³/mol. The zero-order valence-corrected chi connectivity index (χ0v) is 23.2. The van der Waals surface area contributed by atoms with E-state index in [9.17, 15) is 79.0 Å². The Balaban J connectivity index is 2.03. The molecule has 260 valence electrons. The van der Waals surface area contributed by atoms with Gasteiger partial charge >= 0.3 is 0 Å². The monoisotopic (exact) mass is 724 g/mol. The summed E-state index contributed by atoms with van der Waals surface area (Å²) in [6.45, 7) is 0.637. The highest BCUT2D eigenvalue weighted by Crippen LogP contribution is 2.32. The Kier molecular flexibility index (Phi) is 11.7. The van der Waals surface area contributed by atoms with Crippen LogP contribution in [0.25, 0.3) is 24.3 Å². The van der Waals surface area contributed by atoms with Gasteiger partial charge in [-0.2, -0.15) is 0 Å². The first-order valence-electron chi connectivity index (χ1n) is 12.4. The summed E-state index contributed by atoms with van der Waals surface area (Å²) in [6, 6.07) is 0. The third-order valence-electron chi connectivity index (χ3n) is 6.22. The van der Waals surface area contributed by atoms with Gasteiger partial charge in [0.2, 0.25) is 11.6 Å². The number of halogens is 18. The van der Waals surface area contributed by atoms with Crippen molar-refractivity contribution in [1.82, 2.24) is 0 Å². The maximum Gasteiger partial charge on any atom is 0.200 e. The largest absolute Gasteiger partial charge is 0.243 e. The van der Waals surface area contributed by atoms with Crippen LogP contribution in [0.15, 0.2) is 47.4 Å². The highest BCUT2D eigenvalue weighted by molar-refractivity contribution is 5.72. The third kappa shape index (κ3) is 7.17. The number of alkyl halides is 1. The van der Waals surface area contributed by atoms with Gasteiger partial charge in [0.15, 0.2) is 81.5 Å². The van der Waals surface area contributed by atoms with Crippen LogP contribution in [0.5, 0.6) is 0 Å². The first kappa shape index (κ1) is 38.3. The van der Waals surface area contributed by atoms with E-state index in [1.807, 2.05) is 0 Å². The summed E-state index contributed by atoms with van der Waals surface area (Å²) >= 11 is 0. The maximum atomic E-state index is 14.8. The molecule has 3 rings (SSSR count). The van der Waals surface area contributed by atoms with Crippen molar-refractivity contribution >= 4 is 24.3 Å². The first-order valence-corrected chi connectivity index (χ1v) is 12.4. The molecule has 0 bridgehead atoms. The van der Waals surface area contributed by atoms with E-state index in [0.29, 0.717) is 0 Å². The molecule has 0 amide bonds. The Morgan fingerprint density at radius 1 is 0.388 bits per heavy atom. The van der Waals surface area contributed by atoms with Gasteiger partial charge in [-0.3, -0.25) is 0 Å². The molecule has 0 heterocycles. The molecule has 3 aromatic carbocycles. The Morgan fingerprint density at radius 2 is 0.653 bits per heavy atom. The van der Waals surface area contributed by atoms with Crippen LogP contribution in [0.1, 0.15) is 22.3 Å². The van der Waals surface area contributed by atoms with Gasteiger partial charge in [0.05, 0.1) is 22.3 Å². The molecule has 0 spiro atoms. The first-order chi connectivity index (χ1) is 22.8. The van der Waals surface area contributed by atoms with Crippen molar-refractivity contribution in [3.63, 3.8) is 0 Å². The zero-order valence-electron chi connectivity index (χ0n) is 23.2. The Hall–Kier alpha value is -5.16. The molecular formula is C31H10F18. The highest BCUT2D eigenvalue weighted by atomic mass is 19.2. The third-order valence-corrected chi connectivity index (χ3v) is 6.22. The fourth-order valence-electron chi connectivity index (χ4n) is 3.70. The lowest BCUT2D eigenvalue weighted by Crippen LogP contribution is -2.05. The number of hydrogen-bond donors (Lipinski definition) is 0. The lowest BCUT2D eigenvalue weighted by atomic mass is 10.0. The number of rotatable bonds is 9. The molecule has 0 aliphatic rings. The van der Waals surface area contributed by atoms with Gasteiger partial charge in [0.25, 0.3) is 0 Å². The molecule has 0 fully saturated rings. The molecule has 0 unspecified atom stereocenters. The molecular weight excluding hydrogens is 714 g/mol. The van der Waals surface area contributed by atoms with Crippen molar-refractivity contribution in [3.05, 3.63) is 151 Å². The van der Waals surface area contributed by atoms with Gasteiger partial charge in [0, 0.05) is 11.1 Å². The van der Waals surface area contributed by atoms with Crippen LogP contribution in [0, 0.1) is 81.4 Å². The summed E-state index contributed by atoms with van der Waals surface area (Å²) in [4.78, 5) is 0. The van der Waals surface area contributed by atoms with E-state index in [1.54, 1.807) is 0 Å². The standard InChI is InChI=1S/C31H10F18/c1-9(16(34)17(35)10(15(33)8-32)4-5-13-22(40)26(44)30(48)27(45)23(13)41)2-3-11-18(36)20(38)12(21(39)19(11)37)6-7-14-24(42)28(46)31(49)29(47)25(14)43/h2-7H,1,8H2/b3-2+,5-4+,7-6+,15-10+,17-16-. The van der Waals surface area contributed by atoms with E-state index in [0.717, 1.165) is 0 Å². The molecule has 0 N–H and O–H groups in total. The SMILES string of the molecule is C=C(/C=C/c1c(F)c(F)c(/C=C/c2c(F)c(F)c(F)c(F)c2F)c(F)c1F)\C(F)=C(F)/C(/C=C/c1c(F)c(F)c(F)c(F)c1F)=C(/F)CF. The predicted octanol–water partition coefficient (Wildman–Crippen LogP) is 11.4. The van der Waals surface area contributed by atoms with Crippen LogP contribution in [-0.4, -0.2) is 6.67 Å². The van der Waals surface area contributed by atoms with E-state index < -0.39 is 139 Å². The fourth-order valence-corrected chi connectivity index (χ4v) is 3.70. The van der Waals surface area contributed by atoms with E-state index in [1.165, 1.54) is 0 Å². The minimum absolute atomic E-state index is 0.00311. The minimum Gasteiger partial charge on any atom is -0.243 e. The summed E-state index contributed by atoms with van der Waals surface area (Å²) < 4.78 is 250. The maximum absolute atomic E-state index is 14.8. The van der Waals surface area contributed by atoms with Crippen LogP contribution in [-0.2, 0) is 0 Å². The lowest BCUT2D eigenvalue weighted by molar-refractivity contribution is 0.377. The zero-order chi connectivity index (χ0) is 37.2. The van der Waals surface area contributed by atoms with Crippen molar-refractivity contribution in [2.45, 2.75) is 0 Å². The Labute approximate surface area is 261 Å². The normalized spacial score (nSPS) is 13.3. The molecule has 0 nitrogen and oxygen atoms in total. The summed E-state index contributed by atoms with van der Waals surface area (Å²) in [6.07, 6.45) is -0.417. The fraction of sp³-hybridized carbons (Fsp3) is 0.0323. The summed E-state index contributed by atoms with van der Waals surface area (Å²) in [7, 11) is 0. The number of allylic oxidation sites excluding steroid dienone is 7. The smallest absolute Gasteiger partial charge is 0.200 e. The van der Waals surface area contributed by atoms with Gasteiger partial charge in [-0.25, -0.2) is 79.0 Å². The number of benzene rings is 3. The van der Waals surface area contributed by atoms with Crippen LogP contribution in [0.3, 0.4) is 0 Å². The van der Waals surface area contributed by atoms with Gasteiger partial charge in [0.1, 0.15) is 12.5 Å². The molecule has 18 heteroatoms. The molecule has 0 radical (unpaired) electrons. The molecule has 0 aliphatic carbocycles. The Bertz CT molecular complexity index is 1940. The van der Waals surface area contributed by atoms with Crippen molar-refractivity contribution in [2.24, 2.45) is 0 Å². The van der Waals surface area contributed by atoms with Gasteiger partial charge in [-0.05, 0) is 30.4 Å². The van der Waals surface area contributed by atoms with E-state index in [4.69, 9.17) is 0 Å². The van der Waals surface area contributed by atoms with Gasteiger partial charge in [-0.15, -0.1) is 0 Å². The summed E-state index contributed by atoms with van der Waals surface area (Å²) in [5, 5.41) is 0. The molecule has 0 saturated carbocycles. The van der Waals surface area contributed by atoms with E-state index in [-0.39, 0.29) is 36.5 Å². The molecule has 0 atom stereocenters. The van der Waals surface area contributed by atoms with Crippen LogP contribution < -0.4 is 0 Å². The Morgan fingerprint density at radius 3 is 0.980 bits per heavy atom. The van der Waals surface area contributed by atoms with Crippen molar-refractivity contribution < 1.29 is 79.0 Å². The second-order valence-corrected chi connectivity index (χ2v) is 9.16. The van der Waals surface area contributed by atoms with Crippen LogP contribution in [0.2, 0.25) is 0 Å². The van der Waals surface area contributed by atoms with Crippen molar-refractivity contribution in [3.8, 4) is 0 Å². The molecule has 0 aliphatic heterocycles. The topological polar surface area (TPSA) is 0 Å². The van der Waals surface area contributed by atoms with Crippen LogP contribution in [0.4, 0.5) is 79.0 Å². The quantitative estimate of drug-likeness (QED) is 0.0678. The molecule has 0 saturated heterocycles. The highest BCUT2D eigenvalue weighted by Gasteiger charge is 2.27. The second kappa shape index (κ2) is 14.9. The van der Waals surface area contributed by atoms with E-state index >= 15 is 0 Å². The number of hydrogen-bond acceptors (Lipinski definition) is 0. The van der Waals surface area contributed by atoms with Gasteiger partial charge < -0.3 is 0 Å².